The number of aromatic nitrogens is 1. The average Bonchev–Trinajstić information content (AvgIpc) is 3.05. The van der Waals surface area contributed by atoms with Crippen molar-refractivity contribution in [1.29, 1.82) is 0 Å². The number of nitrogens with zero attached hydrogens (tertiary/aromatic N) is 1. The van der Waals surface area contributed by atoms with E-state index < -0.39 is 0 Å². The van der Waals surface area contributed by atoms with E-state index in [4.69, 9.17) is 0 Å². The largest absolute Gasteiger partial charge is 0.358 e. The van der Waals surface area contributed by atoms with Crippen LogP contribution >= 0.6 is 0 Å². The molecule has 2 heterocycles. The molecule has 0 atom stereocenters. The van der Waals surface area contributed by atoms with Gasteiger partial charge in [0.2, 0.25) is 0 Å². The molecule has 5 rings (SSSR count). The monoisotopic (exact) mass is 326 g/mol. The van der Waals surface area contributed by atoms with Crippen LogP contribution in [0.15, 0.2) is 66.7 Å². The van der Waals surface area contributed by atoms with Gasteiger partial charge in [-0.15, -0.1) is 0 Å². The number of hydrogen-bond acceptors (Lipinski definition) is 1. The lowest BCUT2D eigenvalue weighted by atomic mass is 10.0. The molecule has 1 amide bonds. The Morgan fingerprint density at radius 2 is 1.72 bits per heavy atom. The number of aromatic amines is 1. The summed E-state index contributed by atoms with van der Waals surface area (Å²) >= 11 is 0. The van der Waals surface area contributed by atoms with Crippen molar-refractivity contribution in [2.24, 2.45) is 0 Å². The Morgan fingerprint density at radius 3 is 2.64 bits per heavy atom. The van der Waals surface area contributed by atoms with Crippen molar-refractivity contribution in [3.05, 3.63) is 83.6 Å². The lowest BCUT2D eigenvalue weighted by Gasteiger charge is -2.27. The highest BCUT2D eigenvalue weighted by atomic mass is 16.2. The fourth-order valence-electron chi connectivity index (χ4n) is 3.84. The van der Waals surface area contributed by atoms with Gasteiger partial charge in [-0.3, -0.25) is 4.79 Å². The van der Waals surface area contributed by atoms with Gasteiger partial charge in [0.1, 0.15) is 0 Å². The van der Waals surface area contributed by atoms with E-state index in [9.17, 15) is 4.79 Å². The van der Waals surface area contributed by atoms with Crippen LogP contribution in [0.2, 0.25) is 0 Å². The van der Waals surface area contributed by atoms with Crippen molar-refractivity contribution >= 4 is 27.6 Å². The van der Waals surface area contributed by atoms with Gasteiger partial charge in [-0.2, -0.15) is 0 Å². The van der Waals surface area contributed by atoms with E-state index in [2.05, 4.69) is 35.3 Å². The predicted octanol–water partition coefficient (Wildman–Crippen LogP) is 4.52. The van der Waals surface area contributed by atoms with Gasteiger partial charge in [0.25, 0.3) is 5.91 Å². The van der Waals surface area contributed by atoms with Gasteiger partial charge in [0.15, 0.2) is 0 Å². The van der Waals surface area contributed by atoms with Crippen LogP contribution < -0.4 is 0 Å². The van der Waals surface area contributed by atoms with E-state index in [0.29, 0.717) is 6.54 Å². The molecule has 122 valence electrons. The zero-order valence-electron chi connectivity index (χ0n) is 13.8. The van der Waals surface area contributed by atoms with Crippen molar-refractivity contribution < 1.29 is 4.79 Å². The highest BCUT2D eigenvalue weighted by molar-refractivity contribution is 5.99. The number of hydrogen-bond donors (Lipinski definition) is 1. The third-order valence-corrected chi connectivity index (χ3v) is 5.17. The summed E-state index contributed by atoms with van der Waals surface area (Å²) in [5.74, 6) is 0.113. The maximum atomic E-state index is 13.0. The molecule has 1 N–H and O–H groups in total. The molecule has 1 aliphatic heterocycles. The van der Waals surface area contributed by atoms with Crippen LogP contribution in [-0.4, -0.2) is 22.3 Å². The highest BCUT2D eigenvalue weighted by Crippen LogP contribution is 2.28. The van der Waals surface area contributed by atoms with Crippen LogP contribution in [0.5, 0.6) is 0 Å². The Bertz CT molecular complexity index is 1110. The molecule has 0 saturated carbocycles. The highest BCUT2D eigenvalue weighted by Gasteiger charge is 2.24. The zero-order chi connectivity index (χ0) is 16.8. The lowest BCUT2D eigenvalue weighted by Crippen LogP contribution is -2.35. The summed E-state index contributed by atoms with van der Waals surface area (Å²) in [5.41, 5.74) is 4.45. The number of rotatable bonds is 1. The van der Waals surface area contributed by atoms with Gasteiger partial charge in [-0.25, -0.2) is 0 Å². The number of fused-ring (bicyclic) bond motifs is 4. The minimum Gasteiger partial charge on any atom is -0.358 e. The molecule has 3 nitrogen and oxygen atoms in total. The summed E-state index contributed by atoms with van der Waals surface area (Å²) in [6.07, 6.45) is 0.878. The standard InChI is InChI=1S/C22H18N2O/c25-22(17-10-9-15-5-1-2-6-16(15)13-17)24-12-11-21-19(14-24)18-7-3-4-8-20(18)23-21/h1-10,13,23H,11-12,14H2. The van der Waals surface area contributed by atoms with E-state index >= 15 is 0 Å². The van der Waals surface area contributed by atoms with Crippen LogP contribution in [0.25, 0.3) is 21.7 Å². The predicted molar refractivity (Wildman–Crippen MR) is 101 cm³/mol. The Morgan fingerprint density at radius 1 is 0.920 bits per heavy atom. The average molecular weight is 326 g/mol. The van der Waals surface area contributed by atoms with E-state index in [1.807, 2.05) is 41.3 Å². The molecule has 0 saturated heterocycles. The Balaban J connectivity index is 1.50. The molecule has 3 heteroatoms. The van der Waals surface area contributed by atoms with E-state index in [-0.39, 0.29) is 5.91 Å². The van der Waals surface area contributed by atoms with Gasteiger partial charge in [0, 0.05) is 47.2 Å². The number of carbonyl (C=O) groups is 1. The Kier molecular flexibility index (Phi) is 3.14. The smallest absolute Gasteiger partial charge is 0.254 e. The second-order valence-electron chi connectivity index (χ2n) is 6.67. The number of amides is 1. The van der Waals surface area contributed by atoms with Crippen LogP contribution in [0.3, 0.4) is 0 Å². The van der Waals surface area contributed by atoms with Crippen LogP contribution in [0.1, 0.15) is 21.6 Å². The summed E-state index contributed by atoms with van der Waals surface area (Å²) in [5, 5.41) is 3.50. The van der Waals surface area contributed by atoms with E-state index in [0.717, 1.165) is 34.8 Å². The molecule has 25 heavy (non-hydrogen) atoms. The molecule has 4 aromatic rings. The molecular weight excluding hydrogens is 308 g/mol. The summed E-state index contributed by atoms with van der Waals surface area (Å²) in [6.45, 7) is 1.43. The molecule has 1 aromatic heterocycles. The Labute approximate surface area is 145 Å². The summed E-state index contributed by atoms with van der Waals surface area (Å²) in [6, 6.07) is 22.5. The van der Waals surface area contributed by atoms with Crippen molar-refractivity contribution in [1.82, 2.24) is 9.88 Å². The molecular formula is C22H18N2O. The second kappa shape index (κ2) is 5.49. The molecule has 0 spiro atoms. The fraction of sp³-hybridized carbons (Fsp3) is 0.136. The summed E-state index contributed by atoms with van der Waals surface area (Å²) in [4.78, 5) is 18.5. The van der Waals surface area contributed by atoms with Crippen LogP contribution in [0.4, 0.5) is 0 Å². The third kappa shape index (κ3) is 2.31. The summed E-state index contributed by atoms with van der Waals surface area (Å²) in [7, 11) is 0. The molecule has 0 aliphatic carbocycles. The third-order valence-electron chi connectivity index (χ3n) is 5.17. The maximum absolute atomic E-state index is 13.0. The van der Waals surface area contributed by atoms with Gasteiger partial charge < -0.3 is 9.88 Å². The zero-order valence-corrected chi connectivity index (χ0v) is 13.8. The maximum Gasteiger partial charge on any atom is 0.254 e. The lowest BCUT2D eigenvalue weighted by molar-refractivity contribution is 0.0735. The first kappa shape index (κ1) is 14.3. The number of carbonyl (C=O) groups excluding carboxylic acids is 1. The quantitative estimate of drug-likeness (QED) is 0.548. The van der Waals surface area contributed by atoms with Crippen molar-refractivity contribution in [3.8, 4) is 0 Å². The van der Waals surface area contributed by atoms with Crippen molar-refractivity contribution in [2.75, 3.05) is 6.54 Å². The minimum atomic E-state index is 0.113. The first-order valence-electron chi connectivity index (χ1n) is 8.66. The van der Waals surface area contributed by atoms with Gasteiger partial charge in [0.05, 0.1) is 0 Å². The molecule has 0 unspecified atom stereocenters. The number of nitrogens with one attached hydrogen (secondary N) is 1. The summed E-state index contributed by atoms with van der Waals surface area (Å²) < 4.78 is 0. The molecule has 0 fully saturated rings. The van der Waals surface area contributed by atoms with Crippen LogP contribution in [0, 0.1) is 0 Å². The first-order valence-corrected chi connectivity index (χ1v) is 8.66. The Hall–Kier alpha value is -3.07. The van der Waals surface area contributed by atoms with E-state index in [1.165, 1.54) is 16.6 Å². The van der Waals surface area contributed by atoms with E-state index in [1.54, 1.807) is 0 Å². The normalized spacial score (nSPS) is 14.0. The number of H-pyrrole nitrogens is 1. The second-order valence-corrected chi connectivity index (χ2v) is 6.67. The number of para-hydroxylation sites is 1. The van der Waals surface area contributed by atoms with Gasteiger partial charge in [-0.1, -0.05) is 48.5 Å². The van der Waals surface area contributed by atoms with Crippen LogP contribution in [-0.2, 0) is 13.0 Å². The minimum absolute atomic E-state index is 0.113. The van der Waals surface area contributed by atoms with Crippen molar-refractivity contribution in [3.63, 3.8) is 0 Å². The van der Waals surface area contributed by atoms with Gasteiger partial charge >= 0.3 is 0 Å². The SMILES string of the molecule is O=C(c1ccc2ccccc2c1)N1CCc2[nH]c3ccccc3c2C1. The fourth-order valence-corrected chi connectivity index (χ4v) is 3.84. The molecule has 3 aromatic carbocycles. The van der Waals surface area contributed by atoms with Gasteiger partial charge in [-0.05, 0) is 29.0 Å². The topological polar surface area (TPSA) is 36.1 Å². The molecule has 0 radical (unpaired) electrons. The first-order chi connectivity index (χ1) is 12.3. The molecule has 0 bridgehead atoms. The number of benzene rings is 3. The van der Waals surface area contributed by atoms with Crippen molar-refractivity contribution in [2.45, 2.75) is 13.0 Å². The molecule has 1 aliphatic rings.